The Kier molecular flexibility index (Phi) is 5.57. The van der Waals surface area contributed by atoms with Crippen molar-refractivity contribution in [3.8, 4) is 0 Å². The van der Waals surface area contributed by atoms with Crippen molar-refractivity contribution in [3.63, 3.8) is 0 Å². The number of para-hydroxylation sites is 1. The van der Waals surface area contributed by atoms with Crippen LogP contribution in [0.4, 0.5) is 11.8 Å². The monoisotopic (exact) mass is 390 g/mol. The minimum absolute atomic E-state index is 0.201. The number of nitrogens with zero attached hydrogens (tertiary/aromatic N) is 4. The van der Waals surface area contributed by atoms with Gasteiger partial charge in [0.05, 0.1) is 0 Å². The van der Waals surface area contributed by atoms with Gasteiger partial charge in [0.15, 0.2) is 5.58 Å². The molecule has 10 heteroatoms. The van der Waals surface area contributed by atoms with E-state index in [1.807, 2.05) is 44.1 Å². The van der Waals surface area contributed by atoms with Crippen molar-refractivity contribution in [2.75, 3.05) is 37.4 Å². The topological polar surface area (TPSA) is 113 Å². The summed E-state index contributed by atoms with van der Waals surface area (Å²) in [6.45, 7) is 2.44. The van der Waals surface area contributed by atoms with Crippen molar-refractivity contribution in [2.24, 2.45) is 0 Å². The van der Waals surface area contributed by atoms with Gasteiger partial charge in [-0.05, 0) is 19.1 Å². The lowest BCUT2D eigenvalue weighted by Crippen LogP contribution is -2.30. The molecular formula is C17H22N6O3S. The van der Waals surface area contributed by atoms with Crippen LogP contribution >= 0.6 is 0 Å². The van der Waals surface area contributed by atoms with Crippen LogP contribution in [0.3, 0.4) is 0 Å². The summed E-state index contributed by atoms with van der Waals surface area (Å²) in [7, 11) is 0.250. The molecule has 0 aliphatic rings. The maximum absolute atomic E-state index is 12.3. The van der Waals surface area contributed by atoms with Gasteiger partial charge in [-0.3, -0.25) is 0 Å². The third kappa shape index (κ3) is 4.92. The molecule has 144 valence electrons. The fourth-order valence-electron chi connectivity index (χ4n) is 2.51. The molecule has 0 bridgehead atoms. The average Bonchev–Trinajstić information content (AvgIpc) is 3.01. The van der Waals surface area contributed by atoms with Gasteiger partial charge in [-0.1, -0.05) is 17.3 Å². The Bertz CT molecular complexity index is 1030. The minimum atomic E-state index is -3.54. The SMILES string of the molecule is Cc1cc(N(C)C)nc(NCCNS(=O)(=O)Cc2noc3ccccc23)n1. The van der Waals surface area contributed by atoms with Crippen LogP contribution < -0.4 is 14.9 Å². The maximum Gasteiger partial charge on any atom is 0.224 e. The van der Waals surface area contributed by atoms with Crippen LogP contribution in [0.15, 0.2) is 34.9 Å². The zero-order chi connectivity index (χ0) is 19.4. The van der Waals surface area contributed by atoms with Crippen LogP contribution in [0, 0.1) is 6.92 Å². The molecular weight excluding hydrogens is 368 g/mol. The Morgan fingerprint density at radius 1 is 1.15 bits per heavy atom. The lowest BCUT2D eigenvalue weighted by Gasteiger charge is -2.14. The van der Waals surface area contributed by atoms with Gasteiger partial charge in [0.25, 0.3) is 0 Å². The number of anilines is 2. The van der Waals surface area contributed by atoms with Crippen LogP contribution in [0.1, 0.15) is 11.4 Å². The highest BCUT2D eigenvalue weighted by Gasteiger charge is 2.17. The second kappa shape index (κ2) is 7.89. The number of aromatic nitrogens is 3. The second-order valence-electron chi connectivity index (χ2n) is 6.29. The zero-order valence-corrected chi connectivity index (χ0v) is 16.2. The molecule has 3 aromatic rings. The number of hydrogen-bond donors (Lipinski definition) is 2. The summed E-state index contributed by atoms with van der Waals surface area (Å²) in [5.41, 5.74) is 1.79. The first-order chi connectivity index (χ1) is 12.8. The molecule has 0 aliphatic heterocycles. The molecule has 0 spiro atoms. The molecule has 27 heavy (non-hydrogen) atoms. The molecule has 2 aromatic heterocycles. The van der Waals surface area contributed by atoms with E-state index in [9.17, 15) is 8.42 Å². The summed E-state index contributed by atoms with van der Waals surface area (Å²) in [5.74, 6) is 0.999. The fraction of sp³-hybridized carbons (Fsp3) is 0.353. The molecule has 0 radical (unpaired) electrons. The Hall–Kier alpha value is -2.72. The number of hydrogen-bond acceptors (Lipinski definition) is 8. The molecule has 0 amide bonds. The number of nitrogens with one attached hydrogen (secondary N) is 2. The average molecular weight is 390 g/mol. The third-order valence-corrected chi connectivity index (χ3v) is 5.11. The molecule has 2 heterocycles. The van der Waals surface area contributed by atoms with Crippen LogP contribution in [-0.2, 0) is 15.8 Å². The summed E-state index contributed by atoms with van der Waals surface area (Å²) >= 11 is 0. The van der Waals surface area contributed by atoms with Crippen LogP contribution in [-0.4, -0.2) is 50.7 Å². The number of aryl methyl sites for hydroxylation is 1. The van der Waals surface area contributed by atoms with Crippen molar-refractivity contribution < 1.29 is 12.9 Å². The van der Waals surface area contributed by atoms with E-state index in [2.05, 4.69) is 25.2 Å². The third-order valence-electron chi connectivity index (χ3n) is 3.81. The standard InChI is InChI=1S/C17H22N6O3S/c1-12-10-16(23(2)3)21-17(20-12)18-8-9-19-27(24,25)11-14-13-6-4-5-7-15(13)26-22-14/h4-7,10,19H,8-9,11H2,1-3H3,(H,18,20,21). The van der Waals surface area contributed by atoms with Gasteiger partial charge in [0.2, 0.25) is 16.0 Å². The largest absolute Gasteiger partial charge is 0.363 e. The summed E-state index contributed by atoms with van der Waals surface area (Å²) in [6, 6.07) is 9.03. The Labute approximate surface area is 157 Å². The van der Waals surface area contributed by atoms with E-state index in [1.54, 1.807) is 12.1 Å². The molecule has 2 N–H and O–H groups in total. The van der Waals surface area contributed by atoms with Crippen molar-refractivity contribution in [3.05, 3.63) is 41.7 Å². The summed E-state index contributed by atoms with van der Waals surface area (Å²) in [4.78, 5) is 10.5. The van der Waals surface area contributed by atoms with Crippen LogP contribution in [0.25, 0.3) is 11.0 Å². The normalized spacial score (nSPS) is 11.7. The number of fused-ring (bicyclic) bond motifs is 1. The van der Waals surface area contributed by atoms with E-state index in [0.717, 1.165) is 11.5 Å². The molecule has 0 saturated carbocycles. The molecule has 1 aromatic carbocycles. The predicted molar refractivity (Wildman–Crippen MR) is 104 cm³/mol. The molecule has 3 rings (SSSR count). The summed E-state index contributed by atoms with van der Waals surface area (Å²) in [5, 5.41) is 7.59. The smallest absolute Gasteiger partial charge is 0.224 e. The minimum Gasteiger partial charge on any atom is -0.363 e. The number of rotatable bonds is 8. The number of benzene rings is 1. The lowest BCUT2D eigenvalue weighted by atomic mass is 10.2. The lowest BCUT2D eigenvalue weighted by molar-refractivity contribution is 0.448. The molecule has 0 fully saturated rings. The van der Waals surface area contributed by atoms with Crippen LogP contribution in [0.5, 0.6) is 0 Å². The fourth-order valence-corrected chi connectivity index (χ4v) is 3.60. The first-order valence-electron chi connectivity index (χ1n) is 8.41. The molecule has 0 atom stereocenters. The summed E-state index contributed by atoms with van der Waals surface area (Å²) < 4.78 is 32.3. The Morgan fingerprint density at radius 3 is 2.70 bits per heavy atom. The van der Waals surface area contributed by atoms with Crippen molar-refractivity contribution in [2.45, 2.75) is 12.7 Å². The quantitative estimate of drug-likeness (QED) is 0.557. The van der Waals surface area contributed by atoms with Crippen molar-refractivity contribution >= 4 is 32.8 Å². The first kappa shape index (κ1) is 19.1. The van der Waals surface area contributed by atoms with E-state index < -0.39 is 10.0 Å². The second-order valence-corrected chi connectivity index (χ2v) is 8.10. The molecule has 0 saturated heterocycles. The van der Waals surface area contributed by atoms with E-state index in [1.165, 1.54) is 0 Å². The highest BCUT2D eigenvalue weighted by molar-refractivity contribution is 7.88. The van der Waals surface area contributed by atoms with Gasteiger partial charge in [-0.25, -0.2) is 18.1 Å². The van der Waals surface area contributed by atoms with Crippen molar-refractivity contribution in [1.29, 1.82) is 0 Å². The first-order valence-corrected chi connectivity index (χ1v) is 10.1. The molecule has 0 unspecified atom stereocenters. The zero-order valence-electron chi connectivity index (χ0n) is 15.4. The summed E-state index contributed by atoms with van der Waals surface area (Å²) in [6.07, 6.45) is 0. The Morgan fingerprint density at radius 2 is 1.93 bits per heavy atom. The maximum atomic E-state index is 12.3. The predicted octanol–water partition coefficient (Wildman–Crippen LogP) is 1.52. The van der Waals surface area contributed by atoms with E-state index in [4.69, 9.17) is 4.52 Å². The van der Waals surface area contributed by atoms with Gasteiger partial charge in [0, 0.05) is 44.3 Å². The van der Waals surface area contributed by atoms with Gasteiger partial charge >= 0.3 is 0 Å². The van der Waals surface area contributed by atoms with Crippen molar-refractivity contribution in [1.82, 2.24) is 19.8 Å². The van der Waals surface area contributed by atoms with E-state index >= 15 is 0 Å². The van der Waals surface area contributed by atoms with Gasteiger partial charge < -0.3 is 14.7 Å². The highest BCUT2D eigenvalue weighted by Crippen LogP contribution is 2.19. The Balaban J connectivity index is 1.55. The number of sulfonamides is 1. The van der Waals surface area contributed by atoms with Crippen LogP contribution in [0.2, 0.25) is 0 Å². The van der Waals surface area contributed by atoms with E-state index in [0.29, 0.717) is 29.2 Å². The highest BCUT2D eigenvalue weighted by atomic mass is 32.2. The van der Waals surface area contributed by atoms with E-state index in [-0.39, 0.29) is 12.3 Å². The van der Waals surface area contributed by atoms with Gasteiger partial charge in [0.1, 0.15) is 17.3 Å². The van der Waals surface area contributed by atoms with Gasteiger partial charge in [-0.15, -0.1) is 0 Å². The molecule has 0 aliphatic carbocycles. The molecule has 9 nitrogen and oxygen atoms in total. The van der Waals surface area contributed by atoms with Gasteiger partial charge in [-0.2, -0.15) is 4.98 Å².